The summed E-state index contributed by atoms with van der Waals surface area (Å²) < 4.78 is 1.96. The van der Waals surface area contributed by atoms with E-state index < -0.39 is 0 Å². The molecule has 112 valence electrons. The van der Waals surface area contributed by atoms with E-state index in [-0.39, 0.29) is 16.7 Å². The van der Waals surface area contributed by atoms with Crippen LogP contribution in [0.25, 0.3) is 0 Å². The quantitative estimate of drug-likeness (QED) is 0.500. The SMILES string of the molecule is CC(C)n1c(CN)nnc1SCc1ccccc1[N+](=O)[O-]. The van der Waals surface area contributed by atoms with Crippen molar-refractivity contribution < 1.29 is 4.92 Å². The first-order valence-corrected chi connectivity index (χ1v) is 7.52. The highest BCUT2D eigenvalue weighted by molar-refractivity contribution is 7.98. The molecule has 8 heteroatoms. The van der Waals surface area contributed by atoms with Gasteiger partial charge in [-0.2, -0.15) is 0 Å². The molecule has 0 aliphatic rings. The average molecular weight is 307 g/mol. The summed E-state index contributed by atoms with van der Waals surface area (Å²) in [6, 6.07) is 6.91. The van der Waals surface area contributed by atoms with Crippen molar-refractivity contribution in [2.24, 2.45) is 5.73 Å². The van der Waals surface area contributed by atoms with Crippen LogP contribution < -0.4 is 5.73 Å². The molecule has 21 heavy (non-hydrogen) atoms. The van der Waals surface area contributed by atoms with Crippen LogP contribution >= 0.6 is 11.8 Å². The number of benzene rings is 1. The van der Waals surface area contributed by atoms with Gasteiger partial charge in [0.05, 0.1) is 11.5 Å². The molecule has 0 unspecified atom stereocenters. The number of nitro groups is 1. The molecule has 0 saturated carbocycles. The van der Waals surface area contributed by atoms with E-state index in [0.29, 0.717) is 17.9 Å². The second-order valence-electron chi connectivity index (χ2n) is 4.74. The van der Waals surface area contributed by atoms with Gasteiger partial charge < -0.3 is 10.3 Å². The summed E-state index contributed by atoms with van der Waals surface area (Å²) >= 11 is 1.43. The normalized spacial score (nSPS) is 11.0. The summed E-state index contributed by atoms with van der Waals surface area (Å²) in [5, 5.41) is 19.9. The van der Waals surface area contributed by atoms with Crippen molar-refractivity contribution in [2.75, 3.05) is 0 Å². The molecule has 0 fully saturated rings. The van der Waals surface area contributed by atoms with Crippen molar-refractivity contribution in [3.05, 3.63) is 45.8 Å². The van der Waals surface area contributed by atoms with Crippen LogP contribution in [0.3, 0.4) is 0 Å². The van der Waals surface area contributed by atoms with Crippen molar-refractivity contribution in [2.45, 2.75) is 37.3 Å². The van der Waals surface area contributed by atoms with Gasteiger partial charge in [-0.1, -0.05) is 30.0 Å². The predicted octanol–water partition coefficient (Wildman–Crippen LogP) is 2.52. The lowest BCUT2D eigenvalue weighted by molar-refractivity contribution is -0.385. The highest BCUT2D eigenvalue weighted by Crippen LogP contribution is 2.28. The van der Waals surface area contributed by atoms with Gasteiger partial charge in [0.25, 0.3) is 5.69 Å². The lowest BCUT2D eigenvalue weighted by Gasteiger charge is -2.12. The largest absolute Gasteiger partial charge is 0.324 e. The maximum Gasteiger partial charge on any atom is 0.273 e. The topological polar surface area (TPSA) is 99.9 Å². The van der Waals surface area contributed by atoms with Gasteiger partial charge in [-0.25, -0.2) is 0 Å². The van der Waals surface area contributed by atoms with Gasteiger partial charge in [0.1, 0.15) is 5.82 Å². The lowest BCUT2D eigenvalue weighted by atomic mass is 10.2. The molecule has 2 N–H and O–H groups in total. The molecule has 0 radical (unpaired) electrons. The summed E-state index contributed by atoms with van der Waals surface area (Å²) in [7, 11) is 0. The zero-order valence-electron chi connectivity index (χ0n) is 11.9. The van der Waals surface area contributed by atoms with E-state index in [0.717, 1.165) is 11.0 Å². The highest BCUT2D eigenvalue weighted by Gasteiger charge is 2.17. The van der Waals surface area contributed by atoms with Crippen LogP contribution in [-0.4, -0.2) is 19.7 Å². The van der Waals surface area contributed by atoms with E-state index in [1.165, 1.54) is 17.8 Å². The molecular formula is C13H17N5O2S. The van der Waals surface area contributed by atoms with Crippen LogP contribution in [0.4, 0.5) is 5.69 Å². The monoisotopic (exact) mass is 307 g/mol. The second kappa shape index (κ2) is 6.68. The molecule has 0 aliphatic carbocycles. The fourth-order valence-corrected chi connectivity index (χ4v) is 3.10. The molecule has 0 aliphatic heterocycles. The first kappa shape index (κ1) is 15.5. The molecule has 0 bridgehead atoms. The Balaban J connectivity index is 2.21. The van der Waals surface area contributed by atoms with E-state index in [4.69, 9.17) is 5.73 Å². The summed E-state index contributed by atoms with van der Waals surface area (Å²) in [5.74, 6) is 1.18. The lowest BCUT2D eigenvalue weighted by Crippen LogP contribution is -2.11. The molecular weight excluding hydrogens is 290 g/mol. The van der Waals surface area contributed by atoms with Gasteiger partial charge in [-0.15, -0.1) is 10.2 Å². The van der Waals surface area contributed by atoms with Gasteiger partial charge in [0.2, 0.25) is 0 Å². The molecule has 0 spiro atoms. The molecule has 1 heterocycles. The third-order valence-corrected chi connectivity index (χ3v) is 3.97. The van der Waals surface area contributed by atoms with E-state index in [1.54, 1.807) is 18.2 Å². The van der Waals surface area contributed by atoms with Gasteiger partial charge in [-0.05, 0) is 13.8 Å². The van der Waals surface area contributed by atoms with E-state index >= 15 is 0 Å². The summed E-state index contributed by atoms with van der Waals surface area (Å²) in [4.78, 5) is 10.6. The number of hydrogen-bond acceptors (Lipinski definition) is 6. The first-order chi connectivity index (χ1) is 10.0. The Morgan fingerprint density at radius 2 is 2.10 bits per heavy atom. The minimum absolute atomic E-state index is 0.125. The fourth-order valence-electron chi connectivity index (χ4n) is 2.02. The van der Waals surface area contributed by atoms with Crippen LogP contribution in [0.5, 0.6) is 0 Å². The molecule has 1 aromatic heterocycles. The van der Waals surface area contributed by atoms with Gasteiger partial charge in [-0.3, -0.25) is 10.1 Å². The minimum atomic E-state index is -0.367. The maximum absolute atomic E-state index is 11.0. The van der Waals surface area contributed by atoms with Gasteiger partial charge in [0.15, 0.2) is 5.16 Å². The molecule has 7 nitrogen and oxygen atoms in total. The minimum Gasteiger partial charge on any atom is -0.324 e. The number of nitrogens with two attached hydrogens (primary N) is 1. The third kappa shape index (κ3) is 3.40. The Kier molecular flexibility index (Phi) is 4.92. The van der Waals surface area contributed by atoms with Gasteiger partial charge >= 0.3 is 0 Å². The predicted molar refractivity (Wildman–Crippen MR) is 81.0 cm³/mol. The highest BCUT2D eigenvalue weighted by atomic mass is 32.2. The number of rotatable bonds is 6. The van der Waals surface area contributed by atoms with Crippen molar-refractivity contribution in [3.8, 4) is 0 Å². The van der Waals surface area contributed by atoms with Crippen LogP contribution in [0.2, 0.25) is 0 Å². The van der Waals surface area contributed by atoms with E-state index in [1.807, 2.05) is 18.4 Å². The Labute approximate surface area is 126 Å². The summed E-state index contributed by atoms with van der Waals surface area (Å²) in [5.41, 5.74) is 6.44. The maximum atomic E-state index is 11.0. The average Bonchev–Trinajstić information content (AvgIpc) is 2.88. The number of nitrogens with zero attached hydrogens (tertiary/aromatic N) is 4. The zero-order chi connectivity index (χ0) is 15.4. The first-order valence-electron chi connectivity index (χ1n) is 6.53. The number of aromatic nitrogens is 3. The Morgan fingerprint density at radius 3 is 2.71 bits per heavy atom. The molecule has 1 aromatic carbocycles. The van der Waals surface area contributed by atoms with Crippen LogP contribution in [-0.2, 0) is 12.3 Å². The number of hydrogen-bond donors (Lipinski definition) is 1. The van der Waals surface area contributed by atoms with E-state index in [9.17, 15) is 10.1 Å². The third-order valence-electron chi connectivity index (χ3n) is 2.98. The Morgan fingerprint density at radius 1 is 1.38 bits per heavy atom. The molecule has 2 rings (SSSR count). The van der Waals surface area contributed by atoms with Crippen LogP contribution in [0.15, 0.2) is 29.4 Å². The summed E-state index contributed by atoms with van der Waals surface area (Å²) in [6.07, 6.45) is 0. The van der Waals surface area contributed by atoms with Crippen molar-refractivity contribution in [1.29, 1.82) is 0 Å². The van der Waals surface area contributed by atoms with Gasteiger partial charge in [0, 0.05) is 23.4 Å². The Hall–Kier alpha value is -1.93. The summed E-state index contributed by atoms with van der Waals surface area (Å²) in [6.45, 7) is 4.37. The number of para-hydroxylation sites is 1. The fraction of sp³-hybridized carbons (Fsp3) is 0.385. The van der Waals surface area contributed by atoms with Crippen molar-refractivity contribution in [3.63, 3.8) is 0 Å². The Bertz CT molecular complexity index is 641. The van der Waals surface area contributed by atoms with Crippen molar-refractivity contribution >= 4 is 17.4 Å². The zero-order valence-corrected chi connectivity index (χ0v) is 12.7. The number of nitro benzene ring substituents is 1. The molecule has 2 aromatic rings. The molecule has 0 amide bonds. The smallest absolute Gasteiger partial charge is 0.273 e. The molecule has 0 saturated heterocycles. The molecule has 0 atom stereocenters. The van der Waals surface area contributed by atoms with Crippen LogP contribution in [0, 0.1) is 10.1 Å². The van der Waals surface area contributed by atoms with Crippen LogP contribution in [0.1, 0.15) is 31.3 Å². The van der Waals surface area contributed by atoms with E-state index in [2.05, 4.69) is 10.2 Å². The standard InChI is InChI=1S/C13H17N5O2S/c1-9(2)17-12(7-14)15-16-13(17)21-8-10-5-3-4-6-11(10)18(19)20/h3-6,9H,7-8,14H2,1-2H3. The number of thioether (sulfide) groups is 1. The van der Waals surface area contributed by atoms with Crippen molar-refractivity contribution in [1.82, 2.24) is 14.8 Å². The second-order valence-corrected chi connectivity index (χ2v) is 5.68.